The Morgan fingerprint density at radius 2 is 1.81 bits per heavy atom. The Morgan fingerprint density at radius 3 is 2.52 bits per heavy atom. The van der Waals surface area contributed by atoms with Crippen molar-refractivity contribution in [1.29, 1.82) is 0 Å². The number of nitrogens with one attached hydrogen (secondary N) is 1. The molecule has 0 fully saturated rings. The number of nitrogens with zero attached hydrogens (tertiary/aromatic N) is 4. The van der Waals surface area contributed by atoms with Crippen LogP contribution in [0.2, 0.25) is 0 Å². The molecule has 2 heterocycles. The van der Waals surface area contributed by atoms with E-state index in [1.54, 1.807) is 18.5 Å². The summed E-state index contributed by atoms with van der Waals surface area (Å²) in [6, 6.07) is 15.8. The number of fused-ring (bicyclic) bond motifs is 3. The number of hydrogen-bond acceptors (Lipinski definition) is 6. The molecule has 0 aliphatic rings. The summed E-state index contributed by atoms with van der Waals surface area (Å²) in [4.78, 5) is 0. The van der Waals surface area contributed by atoms with Gasteiger partial charge < -0.3 is 15.2 Å². The molecule has 0 amide bonds. The maximum atomic E-state index is 9.62. The van der Waals surface area contributed by atoms with Gasteiger partial charge in [-0.05, 0) is 24.6 Å². The lowest BCUT2D eigenvalue weighted by Gasteiger charge is -2.11. The summed E-state index contributed by atoms with van der Waals surface area (Å²) in [5.41, 5.74) is 1.82. The number of anilines is 1. The van der Waals surface area contributed by atoms with Crippen molar-refractivity contribution in [3.8, 4) is 5.75 Å². The fourth-order valence-electron chi connectivity index (χ4n) is 3.03. The minimum Gasteiger partial charge on any atom is -0.497 e. The van der Waals surface area contributed by atoms with E-state index in [2.05, 4.69) is 15.5 Å². The molecule has 7 heteroatoms. The van der Waals surface area contributed by atoms with Crippen molar-refractivity contribution in [1.82, 2.24) is 19.8 Å². The summed E-state index contributed by atoms with van der Waals surface area (Å²) in [7, 11) is 1.65. The van der Waals surface area contributed by atoms with E-state index in [0.29, 0.717) is 18.8 Å². The molecule has 0 saturated carbocycles. The van der Waals surface area contributed by atoms with E-state index in [1.807, 2.05) is 48.5 Å². The van der Waals surface area contributed by atoms with Crippen molar-refractivity contribution in [3.05, 3.63) is 59.9 Å². The maximum Gasteiger partial charge on any atom is 0.185 e. The molecule has 2 N–H and O–H groups in total. The van der Waals surface area contributed by atoms with Crippen molar-refractivity contribution in [2.24, 2.45) is 0 Å². The Labute approximate surface area is 156 Å². The number of methoxy groups -OCH3 is 1. The number of aliphatic hydroxyl groups is 1. The van der Waals surface area contributed by atoms with Gasteiger partial charge in [0.15, 0.2) is 17.3 Å². The van der Waals surface area contributed by atoms with E-state index < -0.39 is 6.10 Å². The van der Waals surface area contributed by atoms with Crippen LogP contribution in [0.25, 0.3) is 16.4 Å². The zero-order valence-electron chi connectivity index (χ0n) is 15.3. The third kappa shape index (κ3) is 3.41. The zero-order valence-corrected chi connectivity index (χ0v) is 15.3. The molecular formula is C20H21N5O2. The molecule has 2 aromatic heterocycles. The molecule has 4 aromatic rings. The van der Waals surface area contributed by atoms with Gasteiger partial charge in [-0.2, -0.15) is 4.52 Å². The normalized spacial score (nSPS) is 12.4. The summed E-state index contributed by atoms with van der Waals surface area (Å²) in [6.07, 6.45) is 0.132. The van der Waals surface area contributed by atoms with E-state index in [4.69, 9.17) is 9.84 Å². The second kappa shape index (κ2) is 7.20. The summed E-state index contributed by atoms with van der Waals surface area (Å²) in [6.45, 7) is 2.15. The molecule has 2 aromatic carbocycles. The van der Waals surface area contributed by atoms with Gasteiger partial charge in [-0.1, -0.05) is 36.4 Å². The number of ether oxygens (including phenoxy) is 1. The lowest BCUT2D eigenvalue weighted by molar-refractivity contribution is 0.208. The van der Waals surface area contributed by atoms with Gasteiger partial charge in [0, 0.05) is 23.7 Å². The topological polar surface area (TPSA) is 84.6 Å². The molecule has 27 heavy (non-hydrogen) atoms. The molecule has 0 saturated heterocycles. The van der Waals surface area contributed by atoms with E-state index >= 15 is 0 Å². The van der Waals surface area contributed by atoms with Crippen molar-refractivity contribution in [3.63, 3.8) is 0 Å². The van der Waals surface area contributed by atoms with Crippen LogP contribution in [0.3, 0.4) is 0 Å². The number of hydrogen-bond donors (Lipinski definition) is 2. The summed E-state index contributed by atoms with van der Waals surface area (Å²) >= 11 is 0. The summed E-state index contributed by atoms with van der Waals surface area (Å²) in [5.74, 6) is 2.27. The Balaban J connectivity index is 1.78. The van der Waals surface area contributed by atoms with Gasteiger partial charge >= 0.3 is 0 Å². The fraction of sp³-hybridized carbons (Fsp3) is 0.250. The van der Waals surface area contributed by atoms with Crippen molar-refractivity contribution in [2.75, 3.05) is 19.0 Å². The monoisotopic (exact) mass is 363 g/mol. The molecule has 0 aliphatic heterocycles. The largest absolute Gasteiger partial charge is 0.497 e. The molecule has 7 nitrogen and oxygen atoms in total. The van der Waals surface area contributed by atoms with Crippen LogP contribution in [0.5, 0.6) is 5.75 Å². The van der Waals surface area contributed by atoms with Crippen LogP contribution < -0.4 is 10.1 Å². The van der Waals surface area contributed by atoms with Gasteiger partial charge in [0.2, 0.25) is 0 Å². The number of aliphatic hydroxyl groups excluding tert-OH is 1. The minimum absolute atomic E-state index is 0.415. The molecule has 1 atom stereocenters. The Bertz CT molecular complexity index is 1070. The number of benzene rings is 2. The Morgan fingerprint density at radius 1 is 1.07 bits per heavy atom. The van der Waals surface area contributed by atoms with Gasteiger partial charge in [-0.25, -0.2) is 0 Å². The Hall–Kier alpha value is -3.19. The van der Waals surface area contributed by atoms with Crippen molar-refractivity contribution in [2.45, 2.75) is 19.4 Å². The molecule has 0 bridgehead atoms. The Kier molecular flexibility index (Phi) is 4.60. The first-order valence-corrected chi connectivity index (χ1v) is 8.83. The van der Waals surface area contributed by atoms with Gasteiger partial charge in [0.1, 0.15) is 5.75 Å². The predicted molar refractivity (Wildman–Crippen MR) is 104 cm³/mol. The SMILES string of the molecule is COc1ccc(Cc2nnc3c4ccccc4c(NCC(C)O)nn23)cc1. The van der Waals surface area contributed by atoms with Gasteiger partial charge in [-0.3, -0.25) is 0 Å². The highest BCUT2D eigenvalue weighted by molar-refractivity contribution is 5.99. The van der Waals surface area contributed by atoms with Crippen LogP contribution in [0.4, 0.5) is 5.82 Å². The number of aromatic nitrogens is 4. The highest BCUT2D eigenvalue weighted by atomic mass is 16.5. The van der Waals surface area contributed by atoms with E-state index in [-0.39, 0.29) is 0 Å². The molecule has 4 rings (SSSR count). The highest BCUT2D eigenvalue weighted by Gasteiger charge is 2.14. The first-order chi connectivity index (χ1) is 13.2. The van der Waals surface area contributed by atoms with Gasteiger partial charge in [0.25, 0.3) is 0 Å². The minimum atomic E-state index is -0.471. The van der Waals surface area contributed by atoms with Crippen LogP contribution in [-0.4, -0.2) is 44.7 Å². The second-order valence-electron chi connectivity index (χ2n) is 6.50. The quantitative estimate of drug-likeness (QED) is 0.548. The molecule has 0 radical (unpaired) electrons. The smallest absolute Gasteiger partial charge is 0.185 e. The summed E-state index contributed by atoms with van der Waals surface area (Å²) < 4.78 is 6.99. The summed E-state index contributed by atoms with van der Waals surface area (Å²) in [5, 5.41) is 28.2. The first-order valence-electron chi connectivity index (χ1n) is 8.83. The van der Waals surface area contributed by atoms with Crippen LogP contribution in [0.15, 0.2) is 48.5 Å². The molecule has 138 valence electrons. The first kappa shape index (κ1) is 17.2. The second-order valence-corrected chi connectivity index (χ2v) is 6.50. The van der Waals surface area contributed by atoms with Crippen LogP contribution in [0, 0.1) is 0 Å². The molecule has 1 unspecified atom stereocenters. The zero-order chi connectivity index (χ0) is 18.8. The van der Waals surface area contributed by atoms with Crippen molar-refractivity contribution >= 4 is 22.2 Å². The highest BCUT2D eigenvalue weighted by Crippen LogP contribution is 2.25. The fourth-order valence-corrected chi connectivity index (χ4v) is 3.03. The maximum absolute atomic E-state index is 9.62. The van der Waals surface area contributed by atoms with Crippen LogP contribution >= 0.6 is 0 Å². The van der Waals surface area contributed by atoms with Gasteiger partial charge in [0.05, 0.1) is 13.2 Å². The number of rotatable bonds is 6. The van der Waals surface area contributed by atoms with E-state index in [1.165, 1.54) is 0 Å². The third-order valence-electron chi connectivity index (χ3n) is 4.41. The average Bonchev–Trinajstić information content (AvgIpc) is 3.09. The lowest BCUT2D eigenvalue weighted by Crippen LogP contribution is -2.17. The van der Waals surface area contributed by atoms with Crippen molar-refractivity contribution < 1.29 is 9.84 Å². The van der Waals surface area contributed by atoms with Crippen LogP contribution in [-0.2, 0) is 6.42 Å². The third-order valence-corrected chi connectivity index (χ3v) is 4.41. The predicted octanol–water partition coefficient (Wildman–Crippen LogP) is 2.67. The van der Waals surface area contributed by atoms with Crippen LogP contribution in [0.1, 0.15) is 18.3 Å². The molecule has 0 aliphatic carbocycles. The average molecular weight is 363 g/mol. The lowest BCUT2D eigenvalue weighted by atomic mass is 10.1. The molecular weight excluding hydrogens is 342 g/mol. The van der Waals surface area contributed by atoms with Gasteiger partial charge in [-0.15, -0.1) is 15.3 Å². The standard InChI is InChI=1S/C20H21N5O2/c1-13(26)12-21-19-16-5-3-4-6-17(16)20-23-22-18(25(20)24-19)11-14-7-9-15(27-2)10-8-14/h3-10,13,26H,11-12H2,1-2H3,(H,21,24). The molecule has 0 spiro atoms. The van der Waals surface area contributed by atoms with E-state index in [9.17, 15) is 5.11 Å². The van der Waals surface area contributed by atoms with E-state index in [0.717, 1.165) is 33.6 Å².